The molecule has 1 amide bonds. The standard InChI is InChI=1S/C13H13N5OS/c1-18-7-16-12(17-18)6-15-13(19)11-5-8-4-9(14)2-3-10(8)20-11/h2-5,7H,6,14H2,1H3,(H,15,19). The lowest BCUT2D eigenvalue weighted by molar-refractivity contribution is 0.0954. The van der Waals surface area contributed by atoms with Crippen LogP contribution in [0, 0.1) is 0 Å². The highest BCUT2D eigenvalue weighted by atomic mass is 32.1. The lowest BCUT2D eigenvalue weighted by atomic mass is 10.2. The molecule has 3 aromatic rings. The van der Waals surface area contributed by atoms with Gasteiger partial charge in [0.1, 0.15) is 6.33 Å². The maximum Gasteiger partial charge on any atom is 0.261 e. The minimum absolute atomic E-state index is 0.128. The van der Waals surface area contributed by atoms with Gasteiger partial charge in [0.05, 0.1) is 11.4 Å². The third kappa shape index (κ3) is 2.48. The molecule has 0 atom stereocenters. The smallest absolute Gasteiger partial charge is 0.261 e. The number of rotatable bonds is 3. The number of aryl methyl sites for hydroxylation is 1. The van der Waals surface area contributed by atoms with Crippen molar-refractivity contribution in [3.8, 4) is 0 Å². The second kappa shape index (κ2) is 4.93. The molecule has 0 aliphatic heterocycles. The summed E-state index contributed by atoms with van der Waals surface area (Å²) < 4.78 is 2.64. The Labute approximate surface area is 119 Å². The first-order chi connectivity index (χ1) is 9.61. The van der Waals surface area contributed by atoms with Gasteiger partial charge in [-0.3, -0.25) is 9.48 Å². The van der Waals surface area contributed by atoms with Gasteiger partial charge in [0.2, 0.25) is 0 Å². The molecular formula is C13H13N5OS. The van der Waals surface area contributed by atoms with E-state index in [2.05, 4.69) is 15.4 Å². The Hall–Kier alpha value is -2.41. The summed E-state index contributed by atoms with van der Waals surface area (Å²) >= 11 is 1.44. The number of fused-ring (bicyclic) bond motifs is 1. The second-order valence-electron chi connectivity index (χ2n) is 4.43. The minimum Gasteiger partial charge on any atom is -0.399 e. The molecule has 0 unspecified atom stereocenters. The summed E-state index contributed by atoms with van der Waals surface area (Å²) in [7, 11) is 1.79. The zero-order chi connectivity index (χ0) is 14.1. The Morgan fingerprint density at radius 2 is 2.30 bits per heavy atom. The van der Waals surface area contributed by atoms with Crippen molar-refractivity contribution in [3.63, 3.8) is 0 Å². The molecule has 6 nitrogen and oxygen atoms in total. The average Bonchev–Trinajstić information content (AvgIpc) is 3.01. The Kier molecular flexibility index (Phi) is 3.11. The highest BCUT2D eigenvalue weighted by molar-refractivity contribution is 7.20. The van der Waals surface area contributed by atoms with E-state index in [1.54, 1.807) is 18.1 Å². The molecule has 0 radical (unpaired) electrons. The van der Waals surface area contributed by atoms with E-state index in [9.17, 15) is 4.79 Å². The monoisotopic (exact) mass is 287 g/mol. The van der Waals surface area contributed by atoms with Gasteiger partial charge in [0.25, 0.3) is 5.91 Å². The number of nitrogens with zero attached hydrogens (tertiary/aromatic N) is 3. The van der Waals surface area contributed by atoms with Crippen LogP contribution in [-0.4, -0.2) is 20.7 Å². The SMILES string of the molecule is Cn1cnc(CNC(=O)c2cc3cc(N)ccc3s2)n1. The van der Waals surface area contributed by atoms with Gasteiger partial charge in [0, 0.05) is 17.4 Å². The summed E-state index contributed by atoms with van der Waals surface area (Å²) in [5, 5.41) is 7.90. The van der Waals surface area contributed by atoms with Crippen molar-refractivity contribution in [2.24, 2.45) is 7.05 Å². The van der Waals surface area contributed by atoms with Crippen LogP contribution in [0.2, 0.25) is 0 Å². The number of carbonyl (C=O) groups is 1. The number of hydrogen-bond donors (Lipinski definition) is 2. The molecular weight excluding hydrogens is 274 g/mol. The van der Waals surface area contributed by atoms with Gasteiger partial charge in [-0.15, -0.1) is 11.3 Å². The normalized spacial score (nSPS) is 10.8. The molecule has 3 N–H and O–H groups in total. The van der Waals surface area contributed by atoms with Gasteiger partial charge in [-0.25, -0.2) is 4.98 Å². The number of anilines is 1. The summed E-state index contributed by atoms with van der Waals surface area (Å²) in [5.74, 6) is 0.462. The molecule has 102 valence electrons. The number of thiophene rings is 1. The van der Waals surface area contributed by atoms with Gasteiger partial charge >= 0.3 is 0 Å². The molecule has 0 aliphatic carbocycles. The molecule has 0 saturated carbocycles. The Bertz CT molecular complexity index is 776. The molecule has 0 spiro atoms. The quantitative estimate of drug-likeness (QED) is 0.715. The van der Waals surface area contributed by atoms with Crippen LogP contribution in [0.1, 0.15) is 15.5 Å². The lowest BCUT2D eigenvalue weighted by Crippen LogP contribution is -2.22. The van der Waals surface area contributed by atoms with Crippen LogP contribution in [0.5, 0.6) is 0 Å². The van der Waals surface area contributed by atoms with E-state index < -0.39 is 0 Å². The molecule has 2 aromatic heterocycles. The molecule has 0 saturated heterocycles. The fourth-order valence-corrected chi connectivity index (χ4v) is 2.84. The maximum absolute atomic E-state index is 12.1. The molecule has 0 aliphatic rings. The highest BCUT2D eigenvalue weighted by Gasteiger charge is 2.11. The molecule has 2 heterocycles. The van der Waals surface area contributed by atoms with Crippen molar-refractivity contribution in [2.75, 3.05) is 5.73 Å². The fourth-order valence-electron chi connectivity index (χ4n) is 1.89. The first-order valence-corrected chi connectivity index (χ1v) is 6.85. The van der Waals surface area contributed by atoms with Gasteiger partial charge in [-0.1, -0.05) is 0 Å². The van der Waals surface area contributed by atoms with E-state index in [-0.39, 0.29) is 5.91 Å². The maximum atomic E-state index is 12.1. The average molecular weight is 287 g/mol. The fraction of sp³-hybridized carbons (Fsp3) is 0.154. The first-order valence-electron chi connectivity index (χ1n) is 6.03. The molecule has 20 heavy (non-hydrogen) atoms. The Morgan fingerprint density at radius 1 is 1.45 bits per heavy atom. The van der Waals surface area contributed by atoms with Crippen molar-refractivity contribution in [2.45, 2.75) is 6.54 Å². The van der Waals surface area contributed by atoms with Gasteiger partial charge in [0.15, 0.2) is 5.82 Å². The molecule has 0 fully saturated rings. The summed E-state index contributed by atoms with van der Waals surface area (Å²) in [6.45, 7) is 0.316. The summed E-state index contributed by atoms with van der Waals surface area (Å²) in [6.07, 6.45) is 1.60. The summed E-state index contributed by atoms with van der Waals surface area (Å²) in [5.41, 5.74) is 6.43. The number of hydrogen-bond acceptors (Lipinski definition) is 5. The topological polar surface area (TPSA) is 85.8 Å². The third-order valence-corrected chi connectivity index (χ3v) is 3.93. The van der Waals surface area contributed by atoms with Crippen LogP contribution < -0.4 is 11.1 Å². The van der Waals surface area contributed by atoms with Crippen LogP contribution in [-0.2, 0) is 13.6 Å². The summed E-state index contributed by atoms with van der Waals surface area (Å²) in [4.78, 5) is 16.8. The molecule has 7 heteroatoms. The van der Waals surface area contributed by atoms with E-state index in [1.807, 2.05) is 24.3 Å². The highest BCUT2D eigenvalue weighted by Crippen LogP contribution is 2.27. The first kappa shape index (κ1) is 12.6. The Balaban J connectivity index is 1.75. The third-order valence-electron chi connectivity index (χ3n) is 2.82. The van der Waals surface area contributed by atoms with E-state index in [4.69, 9.17) is 5.73 Å². The predicted octanol–water partition coefficient (Wildman–Crippen LogP) is 1.54. The number of aromatic nitrogens is 3. The lowest BCUT2D eigenvalue weighted by Gasteiger charge is -1.99. The van der Waals surface area contributed by atoms with Crippen molar-refractivity contribution in [1.29, 1.82) is 0 Å². The van der Waals surface area contributed by atoms with Gasteiger partial charge < -0.3 is 11.1 Å². The zero-order valence-electron chi connectivity index (χ0n) is 10.8. The van der Waals surface area contributed by atoms with Crippen molar-refractivity contribution >= 4 is 33.0 Å². The summed E-state index contributed by atoms with van der Waals surface area (Å²) in [6, 6.07) is 7.46. The minimum atomic E-state index is -0.128. The Morgan fingerprint density at radius 3 is 3.05 bits per heavy atom. The van der Waals surface area contributed by atoms with E-state index >= 15 is 0 Å². The number of nitrogen functional groups attached to an aromatic ring is 1. The number of benzene rings is 1. The number of nitrogens with two attached hydrogens (primary N) is 1. The van der Waals surface area contributed by atoms with Crippen molar-refractivity contribution in [3.05, 3.63) is 41.3 Å². The number of nitrogens with one attached hydrogen (secondary N) is 1. The van der Waals surface area contributed by atoms with Gasteiger partial charge in [-0.2, -0.15) is 5.10 Å². The van der Waals surface area contributed by atoms with Crippen LogP contribution >= 0.6 is 11.3 Å². The number of carbonyl (C=O) groups excluding carboxylic acids is 1. The number of amides is 1. The zero-order valence-corrected chi connectivity index (χ0v) is 11.6. The van der Waals surface area contributed by atoms with Crippen LogP contribution in [0.3, 0.4) is 0 Å². The van der Waals surface area contributed by atoms with Gasteiger partial charge in [-0.05, 0) is 29.7 Å². The van der Waals surface area contributed by atoms with Crippen LogP contribution in [0.25, 0.3) is 10.1 Å². The van der Waals surface area contributed by atoms with Crippen molar-refractivity contribution in [1.82, 2.24) is 20.1 Å². The van der Waals surface area contributed by atoms with Crippen LogP contribution in [0.4, 0.5) is 5.69 Å². The van der Waals surface area contributed by atoms with E-state index in [0.717, 1.165) is 10.1 Å². The van der Waals surface area contributed by atoms with E-state index in [0.29, 0.717) is 22.9 Å². The van der Waals surface area contributed by atoms with E-state index in [1.165, 1.54) is 11.3 Å². The largest absolute Gasteiger partial charge is 0.399 e. The molecule has 1 aromatic carbocycles. The second-order valence-corrected chi connectivity index (χ2v) is 5.51. The van der Waals surface area contributed by atoms with Crippen molar-refractivity contribution < 1.29 is 4.79 Å². The molecule has 0 bridgehead atoms. The molecule has 3 rings (SSSR count). The van der Waals surface area contributed by atoms with Crippen LogP contribution in [0.15, 0.2) is 30.6 Å². The predicted molar refractivity (Wildman–Crippen MR) is 78.4 cm³/mol.